The van der Waals surface area contributed by atoms with E-state index in [-0.39, 0.29) is 24.3 Å². The van der Waals surface area contributed by atoms with Crippen LogP contribution in [-0.4, -0.2) is 33.9 Å². The summed E-state index contributed by atoms with van der Waals surface area (Å²) >= 11 is 0. The summed E-state index contributed by atoms with van der Waals surface area (Å²) in [5, 5.41) is 3.19. The van der Waals surface area contributed by atoms with Crippen LogP contribution in [0.25, 0.3) is 0 Å². The molecule has 1 aromatic carbocycles. The number of ether oxygens (including phenoxy) is 1. The molecule has 4 rings (SSSR count). The molecule has 3 heterocycles. The lowest BCUT2D eigenvalue weighted by Crippen LogP contribution is -2.34. The van der Waals surface area contributed by atoms with Gasteiger partial charge in [0.2, 0.25) is 0 Å². The number of anilines is 2. The molecule has 1 aliphatic rings. The van der Waals surface area contributed by atoms with E-state index >= 15 is 0 Å². The van der Waals surface area contributed by atoms with Crippen LogP contribution in [0, 0.1) is 18.6 Å². The van der Waals surface area contributed by atoms with E-state index in [9.17, 15) is 13.6 Å². The van der Waals surface area contributed by atoms with E-state index in [0.717, 1.165) is 36.4 Å². The summed E-state index contributed by atoms with van der Waals surface area (Å²) in [5.74, 6) is -0.627. The molecule has 1 fully saturated rings. The molecule has 0 unspecified atom stereocenters. The minimum Gasteiger partial charge on any atom is -0.481 e. The molecule has 1 N–H and O–H groups in total. The molecule has 2 aromatic heterocycles. The number of likely N-dealkylation sites (tertiary alicyclic amines) is 1. The zero-order valence-electron chi connectivity index (χ0n) is 17.0. The maximum atomic E-state index is 13.8. The maximum Gasteiger partial charge on any atom is 0.261 e. The van der Waals surface area contributed by atoms with E-state index in [2.05, 4.69) is 15.3 Å². The Morgan fingerprint density at radius 2 is 1.90 bits per heavy atom. The highest BCUT2D eigenvalue weighted by Gasteiger charge is 2.31. The van der Waals surface area contributed by atoms with Gasteiger partial charge in [-0.3, -0.25) is 4.79 Å². The molecule has 1 amide bonds. The van der Waals surface area contributed by atoms with E-state index in [0.29, 0.717) is 18.2 Å². The van der Waals surface area contributed by atoms with Gasteiger partial charge in [-0.05, 0) is 56.2 Å². The lowest BCUT2D eigenvalue weighted by Gasteiger charge is -2.24. The molecule has 1 aliphatic heterocycles. The number of nitrogens with zero attached hydrogens (tertiary/aromatic N) is 3. The standard InChI is InChI=1S/C23H22F2N4O2/c1-15-5-2-8-21(26-15)28-22-9-3-6-18(27-22)19-7-4-12-29(19)23(30)14-31-20-11-10-16(24)13-17(20)25/h2-3,5-6,8-11,13,19H,4,7,12,14H2,1H3,(H,26,27,28)/t19-/m0/s1. The largest absolute Gasteiger partial charge is 0.481 e. The van der Waals surface area contributed by atoms with Crippen LogP contribution in [-0.2, 0) is 4.79 Å². The zero-order chi connectivity index (χ0) is 21.8. The van der Waals surface area contributed by atoms with Crippen molar-refractivity contribution < 1.29 is 18.3 Å². The first-order valence-corrected chi connectivity index (χ1v) is 10.0. The second kappa shape index (κ2) is 9.07. The van der Waals surface area contributed by atoms with E-state index in [4.69, 9.17) is 4.74 Å². The zero-order valence-corrected chi connectivity index (χ0v) is 17.0. The number of nitrogens with one attached hydrogen (secondary N) is 1. The fourth-order valence-corrected chi connectivity index (χ4v) is 3.64. The number of aryl methyl sites for hydroxylation is 1. The number of halogens is 2. The lowest BCUT2D eigenvalue weighted by atomic mass is 10.1. The number of hydrogen-bond acceptors (Lipinski definition) is 5. The summed E-state index contributed by atoms with van der Waals surface area (Å²) in [5.41, 5.74) is 1.66. The first kappa shape index (κ1) is 20.7. The van der Waals surface area contributed by atoms with Crippen molar-refractivity contribution >= 4 is 17.5 Å². The molecule has 0 radical (unpaired) electrons. The second-order valence-corrected chi connectivity index (χ2v) is 7.35. The highest BCUT2D eigenvalue weighted by Crippen LogP contribution is 2.32. The van der Waals surface area contributed by atoms with E-state index in [1.54, 1.807) is 4.90 Å². The fourth-order valence-electron chi connectivity index (χ4n) is 3.64. The molecule has 0 spiro atoms. The number of carbonyl (C=O) groups is 1. The molecular weight excluding hydrogens is 402 g/mol. The van der Waals surface area contributed by atoms with Crippen LogP contribution in [0.4, 0.5) is 20.4 Å². The Labute approximate surface area is 178 Å². The van der Waals surface area contributed by atoms with Crippen molar-refractivity contribution in [2.24, 2.45) is 0 Å². The number of rotatable bonds is 6. The molecule has 160 valence electrons. The molecule has 0 bridgehead atoms. The van der Waals surface area contributed by atoms with Gasteiger partial charge in [-0.25, -0.2) is 18.7 Å². The number of benzene rings is 1. The summed E-state index contributed by atoms with van der Waals surface area (Å²) in [6.45, 7) is 2.15. The third kappa shape index (κ3) is 4.96. The van der Waals surface area contributed by atoms with Gasteiger partial charge in [-0.15, -0.1) is 0 Å². The normalized spacial score (nSPS) is 15.7. The van der Waals surface area contributed by atoms with Crippen molar-refractivity contribution in [2.75, 3.05) is 18.5 Å². The number of hydrogen-bond donors (Lipinski definition) is 1. The molecule has 0 saturated carbocycles. The number of amides is 1. The van der Waals surface area contributed by atoms with Crippen molar-refractivity contribution in [3.05, 3.63) is 77.6 Å². The van der Waals surface area contributed by atoms with Gasteiger partial charge in [0, 0.05) is 18.3 Å². The second-order valence-electron chi connectivity index (χ2n) is 7.35. The van der Waals surface area contributed by atoms with Crippen LogP contribution >= 0.6 is 0 Å². The van der Waals surface area contributed by atoms with Crippen molar-refractivity contribution in [2.45, 2.75) is 25.8 Å². The first-order chi connectivity index (χ1) is 15.0. The third-order valence-electron chi connectivity index (χ3n) is 5.07. The summed E-state index contributed by atoms with van der Waals surface area (Å²) in [6.07, 6.45) is 1.61. The van der Waals surface area contributed by atoms with Crippen LogP contribution in [0.1, 0.15) is 30.3 Å². The number of aromatic nitrogens is 2. The molecule has 0 aliphatic carbocycles. The van der Waals surface area contributed by atoms with E-state index in [1.165, 1.54) is 6.07 Å². The van der Waals surface area contributed by atoms with Crippen molar-refractivity contribution in [1.29, 1.82) is 0 Å². The minimum atomic E-state index is -0.837. The predicted molar refractivity (Wildman–Crippen MR) is 112 cm³/mol. The van der Waals surface area contributed by atoms with Gasteiger partial charge in [-0.2, -0.15) is 0 Å². The Morgan fingerprint density at radius 3 is 2.68 bits per heavy atom. The van der Waals surface area contributed by atoms with E-state index < -0.39 is 11.6 Å². The Balaban J connectivity index is 1.44. The number of carbonyl (C=O) groups excluding carboxylic acids is 1. The first-order valence-electron chi connectivity index (χ1n) is 10.0. The Kier molecular flexibility index (Phi) is 6.06. The third-order valence-corrected chi connectivity index (χ3v) is 5.07. The summed E-state index contributed by atoms with van der Waals surface area (Å²) < 4.78 is 32.1. The average molecular weight is 424 g/mol. The molecule has 6 nitrogen and oxygen atoms in total. The van der Waals surface area contributed by atoms with Gasteiger partial charge < -0.3 is 15.0 Å². The summed E-state index contributed by atoms with van der Waals surface area (Å²) in [6, 6.07) is 14.1. The maximum absolute atomic E-state index is 13.8. The molecule has 8 heteroatoms. The van der Waals surface area contributed by atoms with Gasteiger partial charge in [0.15, 0.2) is 18.2 Å². The van der Waals surface area contributed by atoms with Crippen LogP contribution in [0.2, 0.25) is 0 Å². The summed E-state index contributed by atoms with van der Waals surface area (Å²) in [4.78, 5) is 23.5. The molecule has 31 heavy (non-hydrogen) atoms. The Morgan fingerprint density at radius 1 is 1.13 bits per heavy atom. The quantitative estimate of drug-likeness (QED) is 0.629. The van der Waals surface area contributed by atoms with Gasteiger partial charge in [-0.1, -0.05) is 12.1 Å². The average Bonchev–Trinajstić information content (AvgIpc) is 3.23. The minimum absolute atomic E-state index is 0.152. The molecule has 1 saturated heterocycles. The van der Waals surface area contributed by atoms with Crippen LogP contribution in [0.15, 0.2) is 54.6 Å². The Hall–Kier alpha value is -3.55. The molecule has 3 aromatic rings. The van der Waals surface area contributed by atoms with Gasteiger partial charge in [0.25, 0.3) is 5.91 Å². The monoisotopic (exact) mass is 424 g/mol. The van der Waals surface area contributed by atoms with Crippen LogP contribution in [0.5, 0.6) is 5.75 Å². The van der Waals surface area contributed by atoms with Gasteiger partial charge in [0.05, 0.1) is 11.7 Å². The van der Waals surface area contributed by atoms with Gasteiger partial charge >= 0.3 is 0 Å². The van der Waals surface area contributed by atoms with Crippen molar-refractivity contribution in [3.63, 3.8) is 0 Å². The van der Waals surface area contributed by atoms with Crippen LogP contribution < -0.4 is 10.1 Å². The number of pyridine rings is 2. The fraction of sp³-hybridized carbons (Fsp3) is 0.261. The highest BCUT2D eigenvalue weighted by molar-refractivity contribution is 5.78. The Bertz CT molecular complexity index is 1090. The van der Waals surface area contributed by atoms with Crippen molar-refractivity contribution in [3.8, 4) is 5.75 Å². The smallest absolute Gasteiger partial charge is 0.261 e. The van der Waals surface area contributed by atoms with Crippen molar-refractivity contribution in [1.82, 2.24) is 14.9 Å². The predicted octanol–water partition coefficient (Wildman–Crippen LogP) is 4.55. The van der Waals surface area contributed by atoms with Gasteiger partial charge in [0.1, 0.15) is 17.5 Å². The lowest BCUT2D eigenvalue weighted by molar-refractivity contribution is -0.134. The topological polar surface area (TPSA) is 67.4 Å². The highest BCUT2D eigenvalue weighted by atomic mass is 19.1. The molecule has 1 atom stereocenters. The summed E-state index contributed by atoms with van der Waals surface area (Å²) in [7, 11) is 0. The SMILES string of the molecule is Cc1cccc(Nc2cccc([C@@H]3CCCN3C(=O)COc3ccc(F)cc3F)n2)n1. The van der Waals surface area contributed by atoms with E-state index in [1.807, 2.05) is 43.3 Å². The molecular formula is C23H22F2N4O2. The van der Waals surface area contributed by atoms with Crippen LogP contribution in [0.3, 0.4) is 0 Å².